The SMILES string of the molecule is COc1cc2[nH]cc(C(=O)N3CCc4ccccc4C3)c2c(OC)c1OC. The number of nitrogens with zero attached hydrogens (tertiary/aromatic N) is 1. The summed E-state index contributed by atoms with van der Waals surface area (Å²) in [5.41, 5.74) is 3.85. The van der Waals surface area contributed by atoms with E-state index in [4.69, 9.17) is 14.2 Å². The van der Waals surface area contributed by atoms with Gasteiger partial charge in [0.2, 0.25) is 5.75 Å². The molecule has 0 fully saturated rings. The van der Waals surface area contributed by atoms with E-state index < -0.39 is 0 Å². The molecule has 1 aromatic heterocycles. The topological polar surface area (TPSA) is 63.8 Å². The van der Waals surface area contributed by atoms with Crippen molar-refractivity contribution in [2.45, 2.75) is 13.0 Å². The number of benzene rings is 2. The average Bonchev–Trinajstić information content (AvgIpc) is 3.14. The van der Waals surface area contributed by atoms with Gasteiger partial charge < -0.3 is 24.1 Å². The highest BCUT2D eigenvalue weighted by atomic mass is 16.5. The van der Waals surface area contributed by atoms with Crippen LogP contribution in [0.1, 0.15) is 21.5 Å². The lowest BCUT2D eigenvalue weighted by Gasteiger charge is -2.29. The normalized spacial score (nSPS) is 13.4. The molecule has 0 unspecified atom stereocenters. The number of rotatable bonds is 4. The van der Waals surface area contributed by atoms with Crippen molar-refractivity contribution < 1.29 is 19.0 Å². The number of aromatic amines is 1. The predicted molar refractivity (Wildman–Crippen MR) is 103 cm³/mol. The maximum absolute atomic E-state index is 13.3. The highest BCUT2D eigenvalue weighted by molar-refractivity contribution is 6.10. The lowest BCUT2D eigenvalue weighted by molar-refractivity contribution is 0.0736. The number of methoxy groups -OCH3 is 3. The lowest BCUT2D eigenvalue weighted by Crippen LogP contribution is -2.35. The second-order valence-corrected chi connectivity index (χ2v) is 6.52. The number of hydrogen-bond acceptors (Lipinski definition) is 4. The van der Waals surface area contributed by atoms with Crippen molar-refractivity contribution in [1.29, 1.82) is 0 Å². The van der Waals surface area contributed by atoms with Gasteiger partial charge in [-0.15, -0.1) is 0 Å². The first-order chi connectivity index (χ1) is 13.2. The molecule has 0 saturated carbocycles. The smallest absolute Gasteiger partial charge is 0.256 e. The van der Waals surface area contributed by atoms with E-state index in [0.717, 1.165) is 11.9 Å². The first kappa shape index (κ1) is 17.3. The van der Waals surface area contributed by atoms with Crippen LogP contribution in [0.3, 0.4) is 0 Å². The van der Waals surface area contributed by atoms with Gasteiger partial charge in [-0.05, 0) is 17.5 Å². The second-order valence-electron chi connectivity index (χ2n) is 6.52. The van der Waals surface area contributed by atoms with Crippen LogP contribution < -0.4 is 14.2 Å². The van der Waals surface area contributed by atoms with Gasteiger partial charge in [-0.2, -0.15) is 0 Å². The summed E-state index contributed by atoms with van der Waals surface area (Å²) in [6.07, 6.45) is 2.59. The molecule has 3 aromatic rings. The lowest BCUT2D eigenvalue weighted by atomic mass is 9.99. The fourth-order valence-electron chi connectivity index (χ4n) is 3.77. The zero-order chi connectivity index (χ0) is 19.0. The van der Waals surface area contributed by atoms with E-state index in [1.807, 2.05) is 23.1 Å². The molecule has 6 heteroatoms. The van der Waals surface area contributed by atoms with E-state index >= 15 is 0 Å². The summed E-state index contributed by atoms with van der Waals surface area (Å²) in [6, 6.07) is 10.1. The van der Waals surface area contributed by atoms with E-state index in [-0.39, 0.29) is 5.91 Å². The minimum absolute atomic E-state index is 0.0266. The van der Waals surface area contributed by atoms with Gasteiger partial charge in [-0.3, -0.25) is 4.79 Å². The molecule has 6 nitrogen and oxygen atoms in total. The molecular formula is C21H22N2O4. The molecule has 2 aromatic carbocycles. The van der Waals surface area contributed by atoms with Gasteiger partial charge in [-0.25, -0.2) is 0 Å². The van der Waals surface area contributed by atoms with Crippen LogP contribution in [0.25, 0.3) is 10.9 Å². The largest absolute Gasteiger partial charge is 0.493 e. The predicted octanol–water partition coefficient (Wildman–Crippen LogP) is 3.39. The summed E-state index contributed by atoms with van der Waals surface area (Å²) in [7, 11) is 4.69. The Bertz CT molecular complexity index is 1010. The van der Waals surface area contributed by atoms with Gasteiger partial charge in [-0.1, -0.05) is 24.3 Å². The molecular weight excluding hydrogens is 344 g/mol. The van der Waals surface area contributed by atoms with Gasteiger partial charge in [0.15, 0.2) is 11.5 Å². The standard InChI is InChI=1S/C21H22N2O4/c1-25-17-10-16-18(20(27-3)19(17)26-2)15(11-22-16)21(24)23-9-8-13-6-4-5-7-14(13)12-23/h4-7,10-11,22H,8-9,12H2,1-3H3. The molecule has 0 saturated heterocycles. The van der Waals surface area contributed by atoms with Crippen molar-refractivity contribution in [3.05, 3.63) is 53.2 Å². The molecule has 1 aliphatic heterocycles. The monoisotopic (exact) mass is 366 g/mol. The van der Waals surface area contributed by atoms with Crippen molar-refractivity contribution in [2.24, 2.45) is 0 Å². The van der Waals surface area contributed by atoms with E-state index in [0.29, 0.717) is 41.3 Å². The van der Waals surface area contributed by atoms with E-state index in [1.54, 1.807) is 27.5 Å². The minimum Gasteiger partial charge on any atom is -0.493 e. The van der Waals surface area contributed by atoms with Crippen LogP contribution in [0.15, 0.2) is 36.5 Å². The Kier molecular flexibility index (Phi) is 4.39. The van der Waals surface area contributed by atoms with Crippen LogP contribution >= 0.6 is 0 Å². The molecule has 2 heterocycles. The maximum atomic E-state index is 13.3. The summed E-state index contributed by atoms with van der Waals surface area (Å²) in [6.45, 7) is 1.30. The highest BCUT2D eigenvalue weighted by Crippen LogP contribution is 2.44. The van der Waals surface area contributed by atoms with Crippen LogP contribution in [0.2, 0.25) is 0 Å². The first-order valence-electron chi connectivity index (χ1n) is 8.84. The minimum atomic E-state index is -0.0266. The molecule has 0 spiro atoms. The summed E-state index contributed by atoms with van der Waals surface area (Å²) < 4.78 is 16.5. The van der Waals surface area contributed by atoms with Crippen LogP contribution in [0.4, 0.5) is 0 Å². The summed E-state index contributed by atoms with van der Waals surface area (Å²) >= 11 is 0. The molecule has 0 aliphatic carbocycles. The fourth-order valence-corrected chi connectivity index (χ4v) is 3.77. The first-order valence-corrected chi connectivity index (χ1v) is 8.84. The van der Waals surface area contributed by atoms with Gasteiger partial charge >= 0.3 is 0 Å². The van der Waals surface area contributed by atoms with Crippen molar-refractivity contribution in [3.8, 4) is 17.2 Å². The Labute approximate surface area is 157 Å². The number of nitrogens with one attached hydrogen (secondary N) is 1. The molecule has 0 radical (unpaired) electrons. The van der Waals surface area contributed by atoms with E-state index in [2.05, 4.69) is 17.1 Å². The number of ether oxygens (including phenoxy) is 3. The number of hydrogen-bond donors (Lipinski definition) is 1. The zero-order valence-electron chi connectivity index (χ0n) is 15.7. The molecule has 1 aliphatic rings. The average molecular weight is 366 g/mol. The van der Waals surface area contributed by atoms with Gasteiger partial charge in [0.05, 0.1) is 37.8 Å². The number of aromatic nitrogens is 1. The Morgan fingerprint density at radius 3 is 2.48 bits per heavy atom. The number of carbonyl (C=O) groups is 1. The summed E-state index contributed by atoms with van der Waals surface area (Å²) in [4.78, 5) is 18.3. The van der Waals surface area contributed by atoms with Crippen molar-refractivity contribution in [1.82, 2.24) is 9.88 Å². The van der Waals surface area contributed by atoms with Crippen LogP contribution in [-0.4, -0.2) is 43.7 Å². The van der Waals surface area contributed by atoms with Gasteiger partial charge in [0.1, 0.15) is 0 Å². The van der Waals surface area contributed by atoms with Crippen LogP contribution in [-0.2, 0) is 13.0 Å². The van der Waals surface area contributed by atoms with Crippen LogP contribution in [0.5, 0.6) is 17.2 Å². The summed E-state index contributed by atoms with van der Waals surface area (Å²) in [5.74, 6) is 1.50. The maximum Gasteiger partial charge on any atom is 0.256 e. The number of carbonyl (C=O) groups excluding carboxylic acids is 1. The van der Waals surface area contributed by atoms with E-state index in [1.165, 1.54) is 11.1 Å². The third-order valence-corrected chi connectivity index (χ3v) is 5.12. The zero-order valence-corrected chi connectivity index (χ0v) is 15.7. The highest BCUT2D eigenvalue weighted by Gasteiger charge is 2.27. The number of H-pyrrole nitrogens is 1. The molecule has 0 atom stereocenters. The van der Waals surface area contributed by atoms with Crippen LogP contribution in [0, 0.1) is 0 Å². The van der Waals surface area contributed by atoms with Crippen molar-refractivity contribution >= 4 is 16.8 Å². The molecule has 0 bridgehead atoms. The molecule has 4 rings (SSSR count). The van der Waals surface area contributed by atoms with Crippen molar-refractivity contribution in [2.75, 3.05) is 27.9 Å². The Morgan fingerprint density at radius 2 is 1.78 bits per heavy atom. The number of amides is 1. The molecule has 140 valence electrons. The molecule has 1 N–H and O–H groups in total. The van der Waals surface area contributed by atoms with E-state index in [9.17, 15) is 4.79 Å². The Morgan fingerprint density at radius 1 is 1.04 bits per heavy atom. The third-order valence-electron chi connectivity index (χ3n) is 5.12. The molecule has 1 amide bonds. The Hall–Kier alpha value is -3.15. The third kappa shape index (κ3) is 2.77. The summed E-state index contributed by atoms with van der Waals surface area (Å²) in [5, 5.41) is 0.707. The fraction of sp³-hybridized carbons (Fsp3) is 0.286. The number of fused-ring (bicyclic) bond motifs is 2. The molecule has 27 heavy (non-hydrogen) atoms. The Balaban J connectivity index is 1.77. The quantitative estimate of drug-likeness (QED) is 0.769. The van der Waals surface area contributed by atoms with Gasteiger partial charge in [0.25, 0.3) is 5.91 Å². The van der Waals surface area contributed by atoms with Gasteiger partial charge in [0, 0.05) is 25.4 Å². The van der Waals surface area contributed by atoms with Crippen molar-refractivity contribution in [3.63, 3.8) is 0 Å². The second kappa shape index (κ2) is 6.87.